The summed E-state index contributed by atoms with van der Waals surface area (Å²) < 4.78 is 24.4. The number of aromatic nitrogens is 1. The topological polar surface area (TPSA) is 126 Å². The summed E-state index contributed by atoms with van der Waals surface area (Å²) in [4.78, 5) is 43.9. The number of carbonyl (C=O) groups is 2. The van der Waals surface area contributed by atoms with Crippen molar-refractivity contribution in [3.05, 3.63) is 120 Å². The number of rotatable bonds is 10. The molecule has 1 aromatic heterocycles. The normalized spacial score (nSPS) is 15.4. The highest BCUT2D eigenvalue weighted by Crippen LogP contribution is 2.38. The highest BCUT2D eigenvalue weighted by molar-refractivity contribution is 7.07. The lowest BCUT2D eigenvalue weighted by Crippen LogP contribution is -2.40. The van der Waals surface area contributed by atoms with Gasteiger partial charge in [-0.05, 0) is 72.5 Å². The molecule has 0 fully saturated rings. The number of esters is 1. The van der Waals surface area contributed by atoms with Gasteiger partial charge in [-0.2, -0.15) is 0 Å². The van der Waals surface area contributed by atoms with E-state index in [-0.39, 0.29) is 31.1 Å². The number of fused-ring (bicyclic) bond motifs is 2. The van der Waals surface area contributed by atoms with Crippen molar-refractivity contribution in [1.82, 2.24) is 4.57 Å². The second-order valence-corrected chi connectivity index (χ2v) is 11.4. The number of hydrogen-bond acceptors (Lipinski definition) is 9. The molecular formula is C34H30N2O8S. The highest BCUT2D eigenvalue weighted by Gasteiger charge is 2.35. The molecule has 6 rings (SSSR count). The molecular weight excluding hydrogens is 596 g/mol. The zero-order chi connectivity index (χ0) is 31.5. The molecule has 11 heteroatoms. The zero-order valence-corrected chi connectivity index (χ0v) is 25.5. The lowest BCUT2D eigenvalue weighted by Gasteiger charge is -2.25. The molecule has 2 aliphatic heterocycles. The van der Waals surface area contributed by atoms with Crippen molar-refractivity contribution in [2.24, 2.45) is 4.99 Å². The molecule has 0 saturated carbocycles. The molecule has 0 spiro atoms. The molecule has 0 bridgehead atoms. The van der Waals surface area contributed by atoms with Crippen molar-refractivity contribution in [2.75, 3.05) is 13.4 Å². The second kappa shape index (κ2) is 12.8. The molecule has 1 N–H and O–H groups in total. The Kier molecular flexibility index (Phi) is 8.52. The van der Waals surface area contributed by atoms with Crippen LogP contribution in [0.3, 0.4) is 0 Å². The number of carboxylic acids is 1. The van der Waals surface area contributed by atoms with Gasteiger partial charge in [-0.15, -0.1) is 0 Å². The van der Waals surface area contributed by atoms with Crippen LogP contribution in [0.4, 0.5) is 0 Å². The van der Waals surface area contributed by atoms with Gasteiger partial charge < -0.3 is 24.1 Å². The van der Waals surface area contributed by atoms with Crippen molar-refractivity contribution in [3.8, 4) is 17.2 Å². The van der Waals surface area contributed by atoms with E-state index in [0.29, 0.717) is 49.8 Å². The van der Waals surface area contributed by atoms with Crippen molar-refractivity contribution in [3.63, 3.8) is 0 Å². The number of allylic oxidation sites excluding steroid dienone is 1. The van der Waals surface area contributed by atoms with E-state index < -0.39 is 18.0 Å². The van der Waals surface area contributed by atoms with Crippen molar-refractivity contribution < 1.29 is 33.6 Å². The van der Waals surface area contributed by atoms with Crippen LogP contribution in [0.1, 0.15) is 59.8 Å². The van der Waals surface area contributed by atoms with Crippen LogP contribution in [0.25, 0.3) is 6.08 Å². The average Bonchev–Trinajstić information content (AvgIpc) is 3.64. The Bertz CT molecular complexity index is 1990. The summed E-state index contributed by atoms with van der Waals surface area (Å²) in [5, 5.41) is 9.22. The fraction of sp³-hybridized carbons (Fsp3) is 0.235. The quantitative estimate of drug-likeness (QED) is 0.254. The number of carbonyl (C=O) groups excluding carboxylic acids is 1. The van der Waals surface area contributed by atoms with Gasteiger partial charge in [-0.1, -0.05) is 55.0 Å². The van der Waals surface area contributed by atoms with Gasteiger partial charge >= 0.3 is 11.9 Å². The summed E-state index contributed by atoms with van der Waals surface area (Å²) >= 11 is 1.26. The van der Waals surface area contributed by atoms with E-state index in [1.807, 2.05) is 25.1 Å². The molecule has 0 unspecified atom stereocenters. The summed E-state index contributed by atoms with van der Waals surface area (Å²) in [6.45, 7) is 4.26. The third-order valence-electron chi connectivity index (χ3n) is 7.36. The Hall–Kier alpha value is -5.16. The van der Waals surface area contributed by atoms with Crippen LogP contribution in [0.15, 0.2) is 87.8 Å². The maximum absolute atomic E-state index is 14.0. The number of carboxylic acid groups (broad SMARTS) is 1. The van der Waals surface area contributed by atoms with Crippen molar-refractivity contribution in [1.29, 1.82) is 0 Å². The molecule has 3 heterocycles. The number of nitrogens with zero attached hydrogens (tertiary/aromatic N) is 2. The van der Waals surface area contributed by atoms with E-state index >= 15 is 0 Å². The first kappa shape index (κ1) is 29.9. The van der Waals surface area contributed by atoms with Gasteiger partial charge in [-0.25, -0.2) is 14.6 Å². The van der Waals surface area contributed by atoms with Gasteiger partial charge in [0.2, 0.25) is 6.79 Å². The maximum Gasteiger partial charge on any atom is 0.338 e. The fourth-order valence-electron chi connectivity index (χ4n) is 5.29. The molecule has 45 heavy (non-hydrogen) atoms. The van der Waals surface area contributed by atoms with Gasteiger partial charge in [0.25, 0.3) is 5.56 Å². The first-order chi connectivity index (χ1) is 21.9. The molecule has 1 atom stereocenters. The predicted octanol–water partition coefficient (Wildman–Crippen LogP) is 4.58. The Morgan fingerprint density at radius 2 is 1.87 bits per heavy atom. The number of hydrogen-bond donors (Lipinski definition) is 1. The standard InChI is InChI=1S/C34H30N2O8S/c1-3-6-25-29(33(40)41-4-2)30(22-11-14-26-27(17-22)44-19-43-26)36-31(37)28(45-34(36)35-25)16-20-9-12-24(13-10-20)42-18-21-7-5-8-23(15-21)32(38)39/h5,7-17,30H,3-4,6,18-19H2,1-2H3,(H,38,39)/b28-16-/t30-/m1/s1. The van der Waals surface area contributed by atoms with E-state index in [4.69, 9.17) is 23.9 Å². The van der Waals surface area contributed by atoms with Gasteiger partial charge in [0, 0.05) is 0 Å². The Morgan fingerprint density at radius 3 is 2.62 bits per heavy atom. The Balaban J connectivity index is 1.35. The van der Waals surface area contributed by atoms with E-state index in [1.54, 1.807) is 60.0 Å². The molecule has 4 aromatic rings. The summed E-state index contributed by atoms with van der Waals surface area (Å²) in [6, 6.07) is 18.5. The van der Waals surface area contributed by atoms with Crippen LogP contribution >= 0.6 is 11.3 Å². The third kappa shape index (κ3) is 6.12. The molecule has 0 aliphatic carbocycles. The largest absolute Gasteiger partial charge is 0.489 e. The lowest BCUT2D eigenvalue weighted by molar-refractivity contribution is -0.139. The maximum atomic E-state index is 14.0. The fourth-order valence-corrected chi connectivity index (χ4v) is 6.31. The summed E-state index contributed by atoms with van der Waals surface area (Å²) in [7, 11) is 0. The number of aromatic carboxylic acids is 1. The van der Waals surface area contributed by atoms with Crippen LogP contribution < -0.4 is 29.1 Å². The molecule has 0 amide bonds. The van der Waals surface area contributed by atoms with Crippen LogP contribution in [0.2, 0.25) is 0 Å². The Morgan fingerprint density at radius 1 is 1.07 bits per heavy atom. The minimum Gasteiger partial charge on any atom is -0.489 e. The zero-order valence-electron chi connectivity index (χ0n) is 24.6. The highest BCUT2D eigenvalue weighted by atomic mass is 32.1. The van der Waals surface area contributed by atoms with E-state index in [2.05, 4.69) is 0 Å². The molecule has 0 radical (unpaired) electrons. The average molecular weight is 627 g/mol. The van der Waals surface area contributed by atoms with Gasteiger partial charge in [-0.3, -0.25) is 9.36 Å². The number of benzene rings is 3. The van der Waals surface area contributed by atoms with Gasteiger partial charge in [0.1, 0.15) is 12.4 Å². The van der Waals surface area contributed by atoms with Crippen LogP contribution in [0, 0.1) is 0 Å². The molecule has 2 aliphatic rings. The first-order valence-corrected chi connectivity index (χ1v) is 15.3. The van der Waals surface area contributed by atoms with Crippen LogP contribution in [0.5, 0.6) is 17.2 Å². The van der Waals surface area contributed by atoms with Crippen LogP contribution in [-0.4, -0.2) is 35.0 Å². The molecule has 0 saturated heterocycles. The lowest BCUT2D eigenvalue weighted by atomic mass is 9.94. The monoisotopic (exact) mass is 626 g/mol. The summed E-state index contributed by atoms with van der Waals surface area (Å²) in [5.74, 6) is 0.242. The molecule has 230 valence electrons. The van der Waals surface area contributed by atoms with Crippen molar-refractivity contribution in [2.45, 2.75) is 39.3 Å². The Labute approximate surface area is 262 Å². The van der Waals surface area contributed by atoms with E-state index in [0.717, 1.165) is 17.5 Å². The van der Waals surface area contributed by atoms with Crippen molar-refractivity contribution >= 4 is 29.4 Å². The van der Waals surface area contributed by atoms with E-state index in [1.165, 1.54) is 17.4 Å². The molecule has 10 nitrogen and oxygen atoms in total. The number of thiazole rings is 1. The third-order valence-corrected chi connectivity index (χ3v) is 8.34. The van der Waals surface area contributed by atoms with Gasteiger partial charge in [0.15, 0.2) is 16.3 Å². The number of ether oxygens (including phenoxy) is 4. The smallest absolute Gasteiger partial charge is 0.338 e. The summed E-state index contributed by atoms with van der Waals surface area (Å²) in [5.41, 5.74) is 3.06. The minimum atomic E-state index is -0.993. The predicted molar refractivity (Wildman–Crippen MR) is 166 cm³/mol. The minimum absolute atomic E-state index is 0.102. The van der Waals surface area contributed by atoms with E-state index in [9.17, 15) is 19.5 Å². The second-order valence-electron chi connectivity index (χ2n) is 10.4. The molecule has 3 aromatic carbocycles. The van der Waals surface area contributed by atoms with Gasteiger partial charge in [0.05, 0.1) is 34.0 Å². The SMILES string of the molecule is CCCC1=C(C(=O)OCC)[C@@H](c2ccc3c(c2)OCO3)n2c(s/c(=C\c3ccc(OCc4cccc(C(=O)O)c4)cc3)c2=O)=N1. The summed E-state index contributed by atoms with van der Waals surface area (Å²) in [6.07, 6.45) is 3.08. The van der Waals surface area contributed by atoms with Crippen LogP contribution in [-0.2, 0) is 16.1 Å². The first-order valence-electron chi connectivity index (χ1n) is 14.5.